The minimum Gasteiger partial charge on any atom is -0.408 e. The van der Waals surface area contributed by atoms with E-state index in [1.54, 1.807) is 4.57 Å². The maximum Gasteiger partial charge on any atom is 0.420 e. The average Bonchev–Trinajstić information content (AvgIpc) is 3.14. The number of nitrogen functional groups attached to an aromatic ring is 1. The lowest BCUT2D eigenvalue weighted by molar-refractivity contribution is 0.340. The highest BCUT2D eigenvalue weighted by Crippen LogP contribution is 2.35. The average molecular weight is 505 g/mol. The summed E-state index contributed by atoms with van der Waals surface area (Å²) in [7, 11) is 0. The van der Waals surface area contributed by atoms with Gasteiger partial charge in [0, 0.05) is 16.6 Å². The second kappa shape index (κ2) is 7.79. The van der Waals surface area contributed by atoms with Gasteiger partial charge in [-0.1, -0.05) is 34.1 Å². The van der Waals surface area contributed by atoms with Gasteiger partial charge < -0.3 is 15.9 Å². The highest BCUT2D eigenvalue weighted by atomic mass is 79.9. The topological polar surface area (TPSA) is 126 Å². The molecule has 5 aromatic rings. The Bertz CT molecular complexity index is 1590. The Hall–Kier alpha value is -3.56. The summed E-state index contributed by atoms with van der Waals surface area (Å²) in [6.45, 7) is 4.10. The normalized spacial score (nSPS) is 12.0. The minimum absolute atomic E-state index is 0.298. The fourth-order valence-corrected chi connectivity index (χ4v) is 4.36. The SMILES string of the molecule is CC(C)(CN)n1c(=O)oc2cc(-c3cc(-c4cccc(Br)c4)c4c(N)ncnc4n3)ccc21. The summed E-state index contributed by atoms with van der Waals surface area (Å²) < 4.78 is 8.08. The predicted molar refractivity (Wildman–Crippen MR) is 133 cm³/mol. The summed E-state index contributed by atoms with van der Waals surface area (Å²) in [5.74, 6) is -0.0871. The Balaban J connectivity index is 1.75. The number of nitrogens with zero attached hydrogens (tertiary/aromatic N) is 4. The van der Waals surface area contributed by atoms with Crippen molar-refractivity contribution < 1.29 is 4.42 Å². The van der Waals surface area contributed by atoms with E-state index in [0.29, 0.717) is 40.2 Å². The Kier molecular flexibility index (Phi) is 5.02. The number of pyridine rings is 1. The number of halogens is 1. The molecule has 4 N–H and O–H groups in total. The summed E-state index contributed by atoms with van der Waals surface area (Å²) >= 11 is 3.53. The lowest BCUT2D eigenvalue weighted by atomic mass is 9.99. The summed E-state index contributed by atoms with van der Waals surface area (Å²) in [4.78, 5) is 25.8. The van der Waals surface area contributed by atoms with Crippen LogP contribution in [0.5, 0.6) is 0 Å². The smallest absolute Gasteiger partial charge is 0.408 e. The van der Waals surface area contributed by atoms with Crippen molar-refractivity contribution in [1.29, 1.82) is 0 Å². The van der Waals surface area contributed by atoms with Gasteiger partial charge in [0.1, 0.15) is 12.1 Å². The molecule has 0 unspecified atom stereocenters. The van der Waals surface area contributed by atoms with Crippen molar-refractivity contribution in [2.75, 3.05) is 12.3 Å². The van der Waals surface area contributed by atoms with Crippen molar-refractivity contribution in [3.63, 3.8) is 0 Å². The molecule has 3 aromatic heterocycles. The standard InChI is InChI=1S/C24H21BrN6O2/c1-24(2,11-26)31-18-7-6-14(9-19(18)33-23(31)32)17-10-16(13-4-3-5-15(25)8-13)20-21(27)28-12-29-22(20)30-17/h3-10,12H,11,26H2,1-2H3,(H2,27,28,29,30). The maximum atomic E-state index is 12.6. The van der Waals surface area contributed by atoms with E-state index in [1.165, 1.54) is 6.33 Å². The van der Waals surface area contributed by atoms with Gasteiger partial charge in [-0.15, -0.1) is 0 Å². The van der Waals surface area contributed by atoms with Gasteiger partial charge in [0.05, 0.1) is 22.1 Å². The number of fused-ring (bicyclic) bond motifs is 2. The Morgan fingerprint density at radius 2 is 1.91 bits per heavy atom. The maximum absolute atomic E-state index is 12.6. The molecule has 0 atom stereocenters. The largest absolute Gasteiger partial charge is 0.420 e. The van der Waals surface area contributed by atoms with E-state index < -0.39 is 11.3 Å². The summed E-state index contributed by atoms with van der Waals surface area (Å²) in [5.41, 5.74) is 16.4. The molecule has 33 heavy (non-hydrogen) atoms. The zero-order chi connectivity index (χ0) is 23.3. The quantitative estimate of drug-likeness (QED) is 0.373. The van der Waals surface area contributed by atoms with Crippen molar-refractivity contribution >= 4 is 43.9 Å². The van der Waals surface area contributed by atoms with E-state index in [1.807, 2.05) is 62.4 Å². The predicted octanol–water partition coefficient (Wildman–Crippen LogP) is 4.31. The number of nitrogens with two attached hydrogens (primary N) is 2. The Morgan fingerprint density at radius 1 is 1.09 bits per heavy atom. The Morgan fingerprint density at radius 3 is 2.67 bits per heavy atom. The van der Waals surface area contributed by atoms with Crippen LogP contribution < -0.4 is 17.2 Å². The third-order valence-corrected chi connectivity index (χ3v) is 6.24. The molecular weight excluding hydrogens is 484 g/mol. The summed E-state index contributed by atoms with van der Waals surface area (Å²) in [6.07, 6.45) is 1.40. The van der Waals surface area contributed by atoms with Crippen LogP contribution in [0.25, 0.3) is 44.5 Å². The summed E-state index contributed by atoms with van der Waals surface area (Å²) in [6, 6.07) is 15.4. The van der Waals surface area contributed by atoms with E-state index in [4.69, 9.17) is 20.9 Å². The molecule has 0 aliphatic heterocycles. The van der Waals surface area contributed by atoms with Crippen LogP contribution in [-0.2, 0) is 5.54 Å². The summed E-state index contributed by atoms with van der Waals surface area (Å²) in [5, 5.41) is 0.683. The van der Waals surface area contributed by atoms with Crippen LogP contribution in [0.15, 0.2) is 68.5 Å². The number of benzene rings is 2. The fraction of sp³-hybridized carbons (Fsp3) is 0.167. The molecule has 166 valence electrons. The molecule has 0 saturated carbocycles. The molecule has 0 saturated heterocycles. The van der Waals surface area contributed by atoms with Crippen LogP contribution in [0.4, 0.5) is 5.82 Å². The molecule has 2 aromatic carbocycles. The third kappa shape index (κ3) is 3.59. The molecule has 0 aliphatic carbocycles. The van der Waals surface area contributed by atoms with E-state index in [9.17, 15) is 4.79 Å². The van der Waals surface area contributed by atoms with Gasteiger partial charge in [0.25, 0.3) is 0 Å². The van der Waals surface area contributed by atoms with E-state index in [-0.39, 0.29) is 0 Å². The van der Waals surface area contributed by atoms with Crippen LogP contribution >= 0.6 is 15.9 Å². The van der Waals surface area contributed by atoms with Crippen molar-refractivity contribution in [2.45, 2.75) is 19.4 Å². The highest BCUT2D eigenvalue weighted by Gasteiger charge is 2.25. The molecular formula is C24H21BrN6O2. The monoisotopic (exact) mass is 504 g/mol. The molecule has 0 spiro atoms. The zero-order valence-corrected chi connectivity index (χ0v) is 19.6. The first-order valence-electron chi connectivity index (χ1n) is 10.3. The first kappa shape index (κ1) is 21.3. The van der Waals surface area contributed by atoms with E-state index >= 15 is 0 Å². The van der Waals surface area contributed by atoms with Gasteiger partial charge in [0.2, 0.25) is 0 Å². The number of anilines is 1. The lowest BCUT2D eigenvalue weighted by Gasteiger charge is -2.23. The second-order valence-corrected chi connectivity index (χ2v) is 9.34. The van der Waals surface area contributed by atoms with E-state index in [0.717, 1.165) is 21.2 Å². The van der Waals surface area contributed by atoms with Crippen molar-refractivity contribution in [3.05, 3.63) is 69.9 Å². The van der Waals surface area contributed by atoms with Crippen molar-refractivity contribution in [1.82, 2.24) is 19.5 Å². The van der Waals surface area contributed by atoms with Crippen LogP contribution in [0, 0.1) is 0 Å². The minimum atomic E-state index is -0.576. The molecule has 0 aliphatic rings. The molecule has 3 heterocycles. The second-order valence-electron chi connectivity index (χ2n) is 8.43. The first-order valence-corrected chi connectivity index (χ1v) is 11.1. The van der Waals surface area contributed by atoms with Gasteiger partial charge in [-0.3, -0.25) is 4.57 Å². The number of rotatable bonds is 4. The van der Waals surface area contributed by atoms with Gasteiger partial charge in [-0.2, -0.15) is 0 Å². The van der Waals surface area contributed by atoms with Crippen molar-refractivity contribution in [2.24, 2.45) is 5.73 Å². The fourth-order valence-electron chi connectivity index (χ4n) is 3.96. The zero-order valence-electron chi connectivity index (χ0n) is 18.0. The molecule has 0 fully saturated rings. The molecule has 0 amide bonds. The van der Waals surface area contributed by atoms with Crippen LogP contribution in [0.3, 0.4) is 0 Å². The molecule has 9 heteroatoms. The number of hydrogen-bond donors (Lipinski definition) is 2. The molecule has 8 nitrogen and oxygen atoms in total. The number of aromatic nitrogens is 4. The first-order chi connectivity index (χ1) is 15.8. The van der Waals surface area contributed by atoms with Gasteiger partial charge in [-0.25, -0.2) is 19.7 Å². The van der Waals surface area contributed by atoms with Gasteiger partial charge in [0.15, 0.2) is 11.2 Å². The van der Waals surface area contributed by atoms with Gasteiger partial charge >= 0.3 is 5.76 Å². The third-order valence-electron chi connectivity index (χ3n) is 5.75. The van der Waals surface area contributed by atoms with Crippen LogP contribution in [0.1, 0.15) is 13.8 Å². The highest BCUT2D eigenvalue weighted by molar-refractivity contribution is 9.10. The Labute approximate surface area is 197 Å². The van der Waals surface area contributed by atoms with Crippen LogP contribution in [0.2, 0.25) is 0 Å². The number of hydrogen-bond acceptors (Lipinski definition) is 7. The van der Waals surface area contributed by atoms with Crippen LogP contribution in [-0.4, -0.2) is 26.1 Å². The van der Waals surface area contributed by atoms with Gasteiger partial charge in [-0.05, 0) is 55.3 Å². The lowest BCUT2D eigenvalue weighted by Crippen LogP contribution is -2.40. The molecule has 0 bridgehead atoms. The molecule has 5 rings (SSSR count). The number of oxazole rings is 1. The van der Waals surface area contributed by atoms with Crippen molar-refractivity contribution in [3.8, 4) is 22.4 Å². The molecule has 0 radical (unpaired) electrons. The van der Waals surface area contributed by atoms with E-state index in [2.05, 4.69) is 25.9 Å².